The van der Waals surface area contributed by atoms with Gasteiger partial charge in [-0.1, -0.05) is 30.3 Å². The number of nitrogens with one attached hydrogen (secondary N) is 1. The molecule has 1 rings (SSSR count). The third-order valence-electron chi connectivity index (χ3n) is 2.96. The molecule has 0 aliphatic carbocycles. The van der Waals surface area contributed by atoms with Gasteiger partial charge in [-0.2, -0.15) is 0 Å². The Morgan fingerprint density at radius 3 is 2.32 bits per heavy atom. The molecule has 0 saturated heterocycles. The Hall–Kier alpha value is -1.20. The van der Waals surface area contributed by atoms with E-state index in [1.54, 1.807) is 26.0 Å². The van der Waals surface area contributed by atoms with E-state index < -0.39 is 13.4 Å². The van der Waals surface area contributed by atoms with Gasteiger partial charge in [0.15, 0.2) is 5.78 Å². The van der Waals surface area contributed by atoms with E-state index in [4.69, 9.17) is 14.8 Å². The monoisotopic (exact) mass is 328 g/mol. The molecular weight excluding hydrogens is 303 g/mol. The molecule has 0 fully saturated rings. The van der Waals surface area contributed by atoms with Crippen molar-refractivity contribution in [3.8, 4) is 0 Å². The van der Waals surface area contributed by atoms with Crippen molar-refractivity contribution in [1.29, 1.82) is 0 Å². The first-order chi connectivity index (χ1) is 10.6. The van der Waals surface area contributed by atoms with Crippen molar-refractivity contribution in [2.75, 3.05) is 19.8 Å². The van der Waals surface area contributed by atoms with E-state index in [9.17, 15) is 9.36 Å². The van der Waals surface area contributed by atoms with Crippen molar-refractivity contribution in [3.05, 3.63) is 35.9 Å². The average Bonchev–Trinajstić information content (AvgIpc) is 2.52. The quantitative estimate of drug-likeness (QED) is 0.645. The second kappa shape index (κ2) is 9.74. The summed E-state index contributed by atoms with van der Waals surface area (Å²) in [5, 5.41) is 2.77. The molecule has 6 nitrogen and oxygen atoms in total. The first-order valence-corrected chi connectivity index (χ1v) is 9.11. The molecule has 0 bridgehead atoms. The predicted octanol–water partition coefficient (Wildman–Crippen LogP) is 2.81. The Balaban J connectivity index is 3.04. The lowest BCUT2D eigenvalue weighted by molar-refractivity contribution is -0.121. The fourth-order valence-electron chi connectivity index (χ4n) is 2.01. The van der Waals surface area contributed by atoms with Gasteiger partial charge in [0.05, 0.1) is 13.2 Å². The smallest absolute Gasteiger partial charge is 0.338 e. The molecule has 1 atom stereocenters. The Morgan fingerprint density at radius 2 is 1.82 bits per heavy atom. The highest BCUT2D eigenvalue weighted by Crippen LogP contribution is 2.59. The van der Waals surface area contributed by atoms with Crippen molar-refractivity contribution in [2.24, 2.45) is 5.73 Å². The molecule has 0 unspecified atom stereocenters. The number of rotatable bonds is 10. The van der Waals surface area contributed by atoms with Crippen LogP contribution in [0.5, 0.6) is 0 Å². The van der Waals surface area contributed by atoms with Gasteiger partial charge in [-0.3, -0.25) is 9.36 Å². The molecule has 0 aliphatic heterocycles. The van der Waals surface area contributed by atoms with Gasteiger partial charge in [0, 0.05) is 6.42 Å². The van der Waals surface area contributed by atoms with Gasteiger partial charge in [0.2, 0.25) is 5.91 Å². The highest BCUT2D eigenvalue weighted by molar-refractivity contribution is 7.54. The van der Waals surface area contributed by atoms with E-state index in [0.717, 1.165) is 0 Å². The Kier molecular flexibility index (Phi) is 8.35. The minimum atomic E-state index is -3.50. The van der Waals surface area contributed by atoms with Gasteiger partial charge < -0.3 is 20.1 Å². The van der Waals surface area contributed by atoms with E-state index in [-0.39, 0.29) is 25.5 Å². The number of hydrogen-bond donors (Lipinski definition) is 2. The van der Waals surface area contributed by atoms with Crippen LogP contribution in [0.3, 0.4) is 0 Å². The molecule has 0 aromatic heterocycles. The largest absolute Gasteiger partial charge is 0.357 e. The third kappa shape index (κ3) is 5.54. The third-order valence-corrected chi connectivity index (χ3v) is 5.25. The van der Waals surface area contributed by atoms with E-state index in [1.165, 1.54) is 0 Å². The summed E-state index contributed by atoms with van der Waals surface area (Å²) < 4.78 is 23.8. The second-order valence-electron chi connectivity index (χ2n) is 4.65. The van der Waals surface area contributed by atoms with Crippen LogP contribution >= 0.6 is 7.60 Å². The molecule has 0 aliphatic rings. The molecule has 0 radical (unpaired) electrons. The van der Waals surface area contributed by atoms with E-state index in [1.807, 2.05) is 18.2 Å². The van der Waals surface area contributed by atoms with E-state index in [2.05, 4.69) is 5.32 Å². The lowest BCUT2D eigenvalue weighted by Crippen LogP contribution is -2.30. The highest BCUT2D eigenvalue weighted by atomic mass is 31.2. The van der Waals surface area contributed by atoms with Crippen LogP contribution in [0, 0.1) is 0 Å². The lowest BCUT2D eigenvalue weighted by atomic mass is 10.2. The van der Waals surface area contributed by atoms with Gasteiger partial charge in [-0.05, 0) is 32.4 Å². The zero-order chi connectivity index (χ0) is 16.4. The Morgan fingerprint density at radius 1 is 1.23 bits per heavy atom. The van der Waals surface area contributed by atoms with Crippen LogP contribution in [0.15, 0.2) is 30.3 Å². The topological polar surface area (TPSA) is 90.6 Å². The van der Waals surface area contributed by atoms with E-state index in [0.29, 0.717) is 18.5 Å². The highest BCUT2D eigenvalue weighted by Gasteiger charge is 2.37. The van der Waals surface area contributed by atoms with Crippen molar-refractivity contribution in [2.45, 2.75) is 32.5 Å². The van der Waals surface area contributed by atoms with Crippen molar-refractivity contribution in [3.63, 3.8) is 0 Å². The number of hydrogen-bond acceptors (Lipinski definition) is 5. The van der Waals surface area contributed by atoms with Gasteiger partial charge in [0.1, 0.15) is 0 Å². The molecule has 3 N–H and O–H groups in total. The normalized spacial score (nSPS) is 12.9. The summed E-state index contributed by atoms with van der Waals surface area (Å²) >= 11 is 0. The lowest BCUT2D eigenvalue weighted by Gasteiger charge is -2.27. The van der Waals surface area contributed by atoms with Crippen molar-refractivity contribution >= 4 is 13.5 Å². The fourth-order valence-corrected chi connectivity index (χ4v) is 3.95. The van der Waals surface area contributed by atoms with Crippen molar-refractivity contribution in [1.82, 2.24) is 5.32 Å². The first kappa shape index (κ1) is 18.8. The average molecular weight is 328 g/mol. The first-order valence-electron chi connectivity index (χ1n) is 7.50. The molecule has 124 valence electrons. The Labute approximate surface area is 131 Å². The number of amides is 1. The maximum atomic E-state index is 13.0. The van der Waals surface area contributed by atoms with Crippen LogP contribution in [0.2, 0.25) is 0 Å². The standard InChI is InChI=1S/C15H25N2O4P/c1-3-20-22(19,21-4-2)15(13-9-6-5-7-10-13)17-14(18)11-8-12-16/h5-7,9-10,15H,3-4,8,11-12,16H2,1-2H3,(H,17,18)/t15-/m1/s1. The fraction of sp³-hybridized carbons (Fsp3) is 0.533. The summed E-state index contributed by atoms with van der Waals surface area (Å²) in [4.78, 5) is 12.0. The SMILES string of the molecule is CCOP(=O)(OCC)[C@@H](NC(=O)CCCN)c1ccccc1. The van der Waals surface area contributed by atoms with Gasteiger partial charge in [-0.15, -0.1) is 0 Å². The molecule has 22 heavy (non-hydrogen) atoms. The summed E-state index contributed by atoms with van der Waals surface area (Å²) in [6.45, 7) is 4.38. The second-order valence-corrected chi connectivity index (χ2v) is 6.76. The minimum Gasteiger partial charge on any atom is -0.338 e. The molecule has 0 saturated carbocycles. The Bertz CT molecular complexity index is 486. The van der Waals surface area contributed by atoms with Gasteiger partial charge in [-0.25, -0.2) is 0 Å². The van der Waals surface area contributed by atoms with Crippen LogP contribution in [-0.2, 0) is 18.4 Å². The summed E-state index contributed by atoms with van der Waals surface area (Å²) in [6.07, 6.45) is 0.846. The van der Waals surface area contributed by atoms with E-state index >= 15 is 0 Å². The van der Waals surface area contributed by atoms with Crippen LogP contribution < -0.4 is 11.1 Å². The summed E-state index contributed by atoms with van der Waals surface area (Å²) in [7, 11) is -3.50. The summed E-state index contributed by atoms with van der Waals surface area (Å²) in [5.74, 6) is -1.04. The zero-order valence-electron chi connectivity index (χ0n) is 13.2. The van der Waals surface area contributed by atoms with Crippen LogP contribution in [0.1, 0.15) is 38.0 Å². The molecule has 1 amide bonds. The summed E-state index contributed by atoms with van der Waals surface area (Å²) in [6, 6.07) is 9.06. The molecule has 7 heteroatoms. The van der Waals surface area contributed by atoms with Gasteiger partial charge >= 0.3 is 7.60 Å². The van der Waals surface area contributed by atoms with Crippen molar-refractivity contribution < 1.29 is 18.4 Å². The maximum absolute atomic E-state index is 13.0. The molecule has 1 aromatic carbocycles. The number of carbonyl (C=O) groups is 1. The number of carbonyl (C=O) groups excluding carboxylic acids is 1. The predicted molar refractivity (Wildman–Crippen MR) is 86.5 cm³/mol. The zero-order valence-corrected chi connectivity index (χ0v) is 14.1. The van der Waals surface area contributed by atoms with Crippen LogP contribution in [0.25, 0.3) is 0 Å². The van der Waals surface area contributed by atoms with Gasteiger partial charge in [0.25, 0.3) is 0 Å². The summed E-state index contributed by atoms with van der Waals surface area (Å²) in [5.41, 5.74) is 6.10. The molecule has 0 spiro atoms. The molecule has 0 heterocycles. The van der Waals surface area contributed by atoms with Crippen LogP contribution in [-0.4, -0.2) is 25.7 Å². The molecule has 1 aromatic rings. The molecular formula is C15H25N2O4P. The maximum Gasteiger partial charge on any atom is 0.357 e. The van der Waals surface area contributed by atoms with Crippen LogP contribution in [0.4, 0.5) is 0 Å². The minimum absolute atomic E-state index is 0.223. The number of benzene rings is 1. The number of nitrogens with two attached hydrogens (primary N) is 1.